The van der Waals surface area contributed by atoms with Crippen molar-refractivity contribution in [3.05, 3.63) is 36.2 Å². The molecule has 6 nitrogen and oxygen atoms in total. The lowest BCUT2D eigenvalue weighted by molar-refractivity contribution is 0.178. The average Bonchev–Trinajstić information content (AvgIpc) is 2.48. The summed E-state index contributed by atoms with van der Waals surface area (Å²) in [6, 6.07) is 9.54. The van der Waals surface area contributed by atoms with Crippen molar-refractivity contribution in [2.45, 2.75) is 13.5 Å². The first-order chi connectivity index (χ1) is 10.2. The fraction of sp³-hybridized carbons (Fsp3) is 0.333. The van der Waals surface area contributed by atoms with Gasteiger partial charge in [0, 0.05) is 31.5 Å². The van der Waals surface area contributed by atoms with Crippen molar-refractivity contribution in [1.82, 2.24) is 9.97 Å². The van der Waals surface area contributed by atoms with Gasteiger partial charge in [-0.1, -0.05) is 6.07 Å². The van der Waals surface area contributed by atoms with Gasteiger partial charge in [0.15, 0.2) is 5.82 Å². The molecule has 2 N–H and O–H groups in total. The molecule has 0 bridgehead atoms. The molecule has 0 aliphatic carbocycles. The summed E-state index contributed by atoms with van der Waals surface area (Å²) in [5.41, 5.74) is 0.902. The molecule has 0 atom stereocenters. The molecule has 0 amide bonds. The number of nitrogens with zero attached hydrogens (tertiary/aromatic N) is 2. The molecule has 0 fully saturated rings. The highest BCUT2D eigenvalue weighted by Gasteiger charge is 2.05. The Morgan fingerprint density at radius 2 is 1.90 bits per heavy atom. The van der Waals surface area contributed by atoms with Gasteiger partial charge in [0.2, 0.25) is 0 Å². The van der Waals surface area contributed by atoms with E-state index in [2.05, 4.69) is 20.6 Å². The van der Waals surface area contributed by atoms with Crippen LogP contribution in [0.15, 0.2) is 30.3 Å². The Kier molecular flexibility index (Phi) is 5.34. The maximum atomic E-state index is 5.21. The molecule has 0 aliphatic heterocycles. The third kappa shape index (κ3) is 4.32. The van der Waals surface area contributed by atoms with E-state index in [9.17, 15) is 0 Å². The second kappa shape index (κ2) is 7.44. The smallest absolute Gasteiger partial charge is 0.158 e. The van der Waals surface area contributed by atoms with Crippen molar-refractivity contribution in [2.24, 2.45) is 0 Å². The first-order valence-electron chi connectivity index (χ1n) is 6.77. The maximum Gasteiger partial charge on any atom is 0.158 e. The Morgan fingerprint density at radius 1 is 1.10 bits per heavy atom. The van der Waals surface area contributed by atoms with E-state index in [-0.39, 0.29) is 0 Å². The minimum absolute atomic E-state index is 0.367. The standard InChI is InChI=1S/C15H20N4O2/c1-4-16-13-9-14(19-15(18-13)10-20-2)17-11-6-5-7-12(8-11)21-3/h5-9H,4,10H2,1-3H3,(H2,16,17,18,19). The van der Waals surface area contributed by atoms with Crippen molar-refractivity contribution in [2.75, 3.05) is 31.4 Å². The molecule has 112 valence electrons. The van der Waals surface area contributed by atoms with Crippen molar-refractivity contribution >= 4 is 17.3 Å². The number of benzene rings is 1. The fourth-order valence-electron chi connectivity index (χ4n) is 1.88. The number of anilines is 3. The Labute approximate surface area is 124 Å². The van der Waals surface area contributed by atoms with Crippen LogP contribution in [0.1, 0.15) is 12.7 Å². The molecular weight excluding hydrogens is 268 g/mol. The molecule has 1 aromatic carbocycles. The van der Waals surface area contributed by atoms with Gasteiger partial charge in [0.1, 0.15) is 24.0 Å². The number of hydrogen-bond donors (Lipinski definition) is 2. The number of methoxy groups -OCH3 is 2. The van der Waals surface area contributed by atoms with Gasteiger partial charge in [-0.05, 0) is 19.1 Å². The third-order valence-electron chi connectivity index (χ3n) is 2.75. The average molecular weight is 288 g/mol. The number of aromatic nitrogens is 2. The van der Waals surface area contributed by atoms with E-state index in [1.54, 1.807) is 14.2 Å². The molecule has 0 spiro atoms. The summed E-state index contributed by atoms with van der Waals surface area (Å²) in [5, 5.41) is 6.43. The largest absolute Gasteiger partial charge is 0.497 e. The van der Waals surface area contributed by atoms with E-state index in [1.807, 2.05) is 37.3 Å². The third-order valence-corrected chi connectivity index (χ3v) is 2.75. The predicted octanol–water partition coefficient (Wildman–Crippen LogP) is 2.81. The molecule has 0 radical (unpaired) electrons. The summed E-state index contributed by atoms with van der Waals surface area (Å²) in [6.07, 6.45) is 0. The van der Waals surface area contributed by atoms with E-state index in [0.29, 0.717) is 18.2 Å². The molecular formula is C15H20N4O2. The molecule has 2 rings (SSSR count). The second-order valence-electron chi connectivity index (χ2n) is 4.37. The Morgan fingerprint density at radius 3 is 2.62 bits per heavy atom. The molecule has 21 heavy (non-hydrogen) atoms. The van der Waals surface area contributed by atoms with Crippen molar-refractivity contribution in [3.63, 3.8) is 0 Å². The molecule has 6 heteroatoms. The van der Waals surface area contributed by atoms with Crippen LogP contribution in [0.4, 0.5) is 17.3 Å². The van der Waals surface area contributed by atoms with Crippen molar-refractivity contribution in [1.29, 1.82) is 0 Å². The van der Waals surface area contributed by atoms with Gasteiger partial charge in [-0.2, -0.15) is 0 Å². The molecule has 0 aliphatic rings. The zero-order valence-corrected chi connectivity index (χ0v) is 12.5. The Hall–Kier alpha value is -2.34. The van der Waals surface area contributed by atoms with Crippen LogP contribution in [0.25, 0.3) is 0 Å². The number of nitrogens with one attached hydrogen (secondary N) is 2. The van der Waals surface area contributed by atoms with E-state index in [0.717, 1.165) is 23.8 Å². The quantitative estimate of drug-likeness (QED) is 0.816. The van der Waals surface area contributed by atoms with Gasteiger partial charge < -0.3 is 20.1 Å². The number of hydrogen-bond acceptors (Lipinski definition) is 6. The summed E-state index contributed by atoms with van der Waals surface area (Å²) in [4.78, 5) is 8.80. The Bertz CT molecular complexity index is 565. The summed E-state index contributed by atoms with van der Waals surface area (Å²) >= 11 is 0. The van der Waals surface area contributed by atoms with Crippen LogP contribution in [0.3, 0.4) is 0 Å². The second-order valence-corrected chi connectivity index (χ2v) is 4.37. The highest BCUT2D eigenvalue weighted by Crippen LogP contribution is 2.21. The van der Waals surface area contributed by atoms with Gasteiger partial charge in [-0.25, -0.2) is 9.97 Å². The van der Waals surface area contributed by atoms with Crippen molar-refractivity contribution in [3.8, 4) is 5.75 Å². The van der Waals surface area contributed by atoms with Gasteiger partial charge in [0.25, 0.3) is 0 Å². The zero-order valence-electron chi connectivity index (χ0n) is 12.5. The topological polar surface area (TPSA) is 68.3 Å². The minimum atomic E-state index is 0.367. The molecule has 1 heterocycles. The van der Waals surface area contributed by atoms with E-state index in [4.69, 9.17) is 9.47 Å². The monoisotopic (exact) mass is 288 g/mol. The van der Waals surface area contributed by atoms with Gasteiger partial charge in [0.05, 0.1) is 7.11 Å². The maximum absolute atomic E-state index is 5.21. The van der Waals surface area contributed by atoms with Gasteiger partial charge in [-0.15, -0.1) is 0 Å². The molecule has 0 saturated heterocycles. The summed E-state index contributed by atoms with van der Waals surface area (Å²) in [6.45, 7) is 3.18. The van der Waals surface area contributed by atoms with E-state index < -0.39 is 0 Å². The Balaban J connectivity index is 2.24. The van der Waals surface area contributed by atoms with Crippen LogP contribution in [0.2, 0.25) is 0 Å². The van der Waals surface area contributed by atoms with Crippen LogP contribution in [0.5, 0.6) is 5.75 Å². The number of rotatable bonds is 7. The fourth-order valence-corrected chi connectivity index (χ4v) is 1.88. The van der Waals surface area contributed by atoms with Crippen LogP contribution in [-0.2, 0) is 11.3 Å². The lowest BCUT2D eigenvalue weighted by Gasteiger charge is -2.11. The van der Waals surface area contributed by atoms with Crippen LogP contribution >= 0.6 is 0 Å². The highest BCUT2D eigenvalue weighted by molar-refractivity contribution is 5.60. The first kappa shape index (κ1) is 15.1. The molecule has 1 aromatic heterocycles. The van der Waals surface area contributed by atoms with Gasteiger partial charge >= 0.3 is 0 Å². The molecule has 0 saturated carbocycles. The zero-order chi connectivity index (χ0) is 15.1. The van der Waals surface area contributed by atoms with Crippen LogP contribution in [-0.4, -0.2) is 30.7 Å². The highest BCUT2D eigenvalue weighted by atomic mass is 16.5. The summed E-state index contributed by atoms with van der Waals surface area (Å²) < 4.78 is 10.3. The molecule has 2 aromatic rings. The lowest BCUT2D eigenvalue weighted by Crippen LogP contribution is -2.06. The van der Waals surface area contributed by atoms with E-state index in [1.165, 1.54) is 0 Å². The van der Waals surface area contributed by atoms with Crippen LogP contribution in [0, 0.1) is 0 Å². The lowest BCUT2D eigenvalue weighted by atomic mass is 10.3. The minimum Gasteiger partial charge on any atom is -0.497 e. The van der Waals surface area contributed by atoms with Gasteiger partial charge in [-0.3, -0.25) is 0 Å². The summed E-state index contributed by atoms with van der Waals surface area (Å²) in [7, 11) is 3.27. The first-order valence-corrected chi connectivity index (χ1v) is 6.77. The SMILES string of the molecule is CCNc1cc(Nc2cccc(OC)c2)nc(COC)n1. The normalized spacial score (nSPS) is 10.2. The van der Waals surface area contributed by atoms with E-state index >= 15 is 0 Å². The van der Waals surface area contributed by atoms with Crippen molar-refractivity contribution < 1.29 is 9.47 Å². The summed E-state index contributed by atoms with van der Waals surface area (Å²) in [5.74, 6) is 2.89. The number of ether oxygens (including phenoxy) is 2. The molecule has 0 unspecified atom stereocenters. The predicted molar refractivity (Wildman–Crippen MR) is 83.2 cm³/mol. The van der Waals surface area contributed by atoms with Crippen LogP contribution < -0.4 is 15.4 Å².